The van der Waals surface area contributed by atoms with Crippen LogP contribution >= 0.6 is 0 Å². The maximum Gasteiger partial charge on any atom is 0.361 e. The van der Waals surface area contributed by atoms with Gasteiger partial charge in [-0.15, -0.1) is 5.73 Å². The van der Waals surface area contributed by atoms with Gasteiger partial charge >= 0.3 is 11.9 Å². The zero-order chi connectivity index (χ0) is 6.15. The van der Waals surface area contributed by atoms with Crippen molar-refractivity contribution in [3.05, 3.63) is 17.9 Å². The molecule has 0 aromatic rings. The van der Waals surface area contributed by atoms with Crippen molar-refractivity contribution in [1.82, 2.24) is 0 Å². The van der Waals surface area contributed by atoms with Gasteiger partial charge in [0.2, 0.25) is 0 Å². The molecule has 0 amide bonds. The summed E-state index contributed by atoms with van der Waals surface area (Å²) in [5.41, 5.74) is 2.06. The molecule has 3 heteroatoms. The van der Waals surface area contributed by atoms with Crippen molar-refractivity contribution < 1.29 is 14.3 Å². The highest BCUT2D eigenvalue weighted by Gasteiger charge is 2.33. The van der Waals surface area contributed by atoms with E-state index in [-0.39, 0.29) is 5.57 Å². The van der Waals surface area contributed by atoms with Crippen molar-refractivity contribution in [3.63, 3.8) is 0 Å². The monoisotopic (exact) mass is 110 g/mol. The molecule has 0 aliphatic carbocycles. The fourth-order valence-corrected chi connectivity index (χ4v) is 0.368. The summed E-state index contributed by atoms with van der Waals surface area (Å²) >= 11 is 0. The van der Waals surface area contributed by atoms with Crippen LogP contribution in [0.15, 0.2) is 17.9 Å². The van der Waals surface area contributed by atoms with E-state index < -0.39 is 11.9 Å². The first-order valence-corrected chi connectivity index (χ1v) is 1.92. The quantitative estimate of drug-likeness (QED) is 0.142. The lowest BCUT2D eigenvalue weighted by molar-refractivity contribution is -0.165. The van der Waals surface area contributed by atoms with Gasteiger partial charge < -0.3 is 4.74 Å². The third-order valence-corrected chi connectivity index (χ3v) is 0.770. The average Bonchev–Trinajstić information content (AvgIpc) is 1.67. The van der Waals surface area contributed by atoms with E-state index in [0.717, 1.165) is 0 Å². The van der Waals surface area contributed by atoms with Crippen LogP contribution in [0, 0.1) is 0 Å². The first-order chi connectivity index (χ1) is 3.75. The van der Waals surface area contributed by atoms with Crippen LogP contribution in [-0.4, -0.2) is 11.9 Å². The SMILES string of the molecule is C=C=C1C(=O)OC1=O. The summed E-state index contributed by atoms with van der Waals surface area (Å²) in [6, 6.07) is 0. The summed E-state index contributed by atoms with van der Waals surface area (Å²) < 4.78 is 3.93. The van der Waals surface area contributed by atoms with Crippen LogP contribution in [0.1, 0.15) is 0 Å². The summed E-state index contributed by atoms with van der Waals surface area (Å²) in [4.78, 5) is 20.2. The van der Waals surface area contributed by atoms with Crippen LogP contribution in [0.5, 0.6) is 0 Å². The lowest BCUT2D eigenvalue weighted by atomic mass is 10.2. The van der Waals surface area contributed by atoms with Crippen molar-refractivity contribution in [1.29, 1.82) is 0 Å². The number of rotatable bonds is 0. The Labute approximate surface area is 45.3 Å². The zero-order valence-corrected chi connectivity index (χ0v) is 3.93. The molecule has 3 nitrogen and oxygen atoms in total. The van der Waals surface area contributed by atoms with Crippen molar-refractivity contribution in [2.24, 2.45) is 0 Å². The molecule has 1 fully saturated rings. The first-order valence-electron chi connectivity index (χ1n) is 1.92. The van der Waals surface area contributed by atoms with Gasteiger partial charge in [0.05, 0.1) is 0 Å². The summed E-state index contributed by atoms with van der Waals surface area (Å²) in [6.07, 6.45) is 0. The Bertz CT molecular complexity index is 192. The molecule has 8 heavy (non-hydrogen) atoms. The van der Waals surface area contributed by atoms with Crippen LogP contribution < -0.4 is 0 Å². The number of esters is 2. The third-order valence-electron chi connectivity index (χ3n) is 0.770. The molecule has 0 spiro atoms. The van der Waals surface area contributed by atoms with E-state index in [4.69, 9.17) is 0 Å². The molecule has 1 saturated heterocycles. The van der Waals surface area contributed by atoms with Gasteiger partial charge in [-0.1, -0.05) is 6.58 Å². The molecule has 0 radical (unpaired) electrons. The number of carbonyl (C=O) groups is 2. The molecule has 0 aromatic carbocycles. The lowest BCUT2D eigenvalue weighted by Gasteiger charge is -2.09. The zero-order valence-electron chi connectivity index (χ0n) is 3.93. The molecule has 1 heterocycles. The van der Waals surface area contributed by atoms with E-state index in [0.29, 0.717) is 0 Å². The Morgan fingerprint density at radius 1 is 1.38 bits per heavy atom. The van der Waals surface area contributed by atoms with E-state index in [2.05, 4.69) is 17.0 Å². The van der Waals surface area contributed by atoms with Crippen LogP contribution in [0.4, 0.5) is 0 Å². The number of cyclic esters (lactones) is 2. The Morgan fingerprint density at radius 3 is 2.00 bits per heavy atom. The number of ether oxygens (including phenoxy) is 1. The molecule has 0 N–H and O–H groups in total. The number of carbonyl (C=O) groups excluding carboxylic acids is 2. The van der Waals surface area contributed by atoms with Gasteiger partial charge in [0.25, 0.3) is 0 Å². The highest BCUT2D eigenvalue weighted by Crippen LogP contribution is 2.09. The summed E-state index contributed by atoms with van der Waals surface area (Å²) in [5.74, 6) is -1.27. The second-order valence-corrected chi connectivity index (χ2v) is 1.23. The lowest BCUT2D eigenvalue weighted by Crippen LogP contribution is -2.30. The minimum absolute atomic E-state index is 0.0787. The second kappa shape index (κ2) is 1.32. The predicted molar refractivity (Wildman–Crippen MR) is 23.8 cm³/mol. The normalized spacial score (nSPS) is 16.8. The molecule has 0 bridgehead atoms. The van der Waals surface area contributed by atoms with Crippen LogP contribution in [-0.2, 0) is 14.3 Å². The first kappa shape index (κ1) is 4.81. The molecule has 0 aromatic heterocycles. The van der Waals surface area contributed by atoms with E-state index in [9.17, 15) is 9.59 Å². The molecule has 1 aliphatic rings. The summed E-state index contributed by atoms with van der Waals surface area (Å²) in [7, 11) is 0. The molecule has 0 unspecified atom stereocenters. The third kappa shape index (κ3) is 0.389. The van der Waals surface area contributed by atoms with Gasteiger partial charge in [0.15, 0.2) is 5.57 Å². The largest absolute Gasteiger partial charge is 0.384 e. The topological polar surface area (TPSA) is 43.4 Å². The Hall–Kier alpha value is -1.34. The van der Waals surface area contributed by atoms with E-state index in [1.165, 1.54) is 0 Å². The highest BCUT2D eigenvalue weighted by atomic mass is 16.6. The summed E-state index contributed by atoms with van der Waals surface area (Å²) in [6.45, 7) is 3.10. The Balaban J connectivity index is 2.98. The fourth-order valence-electron chi connectivity index (χ4n) is 0.368. The maximum absolute atomic E-state index is 10.1. The second-order valence-electron chi connectivity index (χ2n) is 1.23. The van der Waals surface area contributed by atoms with Gasteiger partial charge in [-0.2, -0.15) is 0 Å². The molecule has 0 atom stereocenters. The van der Waals surface area contributed by atoms with Gasteiger partial charge in [0, 0.05) is 0 Å². The maximum atomic E-state index is 10.1. The Morgan fingerprint density at radius 2 is 1.88 bits per heavy atom. The molecule has 1 rings (SSSR count). The smallest absolute Gasteiger partial charge is 0.361 e. The van der Waals surface area contributed by atoms with Crippen molar-refractivity contribution >= 4 is 11.9 Å². The van der Waals surface area contributed by atoms with Crippen LogP contribution in [0.2, 0.25) is 0 Å². The molecule has 40 valence electrons. The van der Waals surface area contributed by atoms with E-state index in [1.54, 1.807) is 0 Å². The van der Waals surface area contributed by atoms with Crippen molar-refractivity contribution in [2.45, 2.75) is 0 Å². The average molecular weight is 110 g/mol. The van der Waals surface area contributed by atoms with Crippen molar-refractivity contribution in [2.75, 3.05) is 0 Å². The Kier molecular flexibility index (Phi) is 0.792. The van der Waals surface area contributed by atoms with Crippen LogP contribution in [0.25, 0.3) is 0 Å². The fraction of sp³-hybridized carbons (Fsp3) is 0. The van der Waals surface area contributed by atoms with Gasteiger partial charge in [0.1, 0.15) is 0 Å². The van der Waals surface area contributed by atoms with Gasteiger partial charge in [-0.3, -0.25) is 0 Å². The van der Waals surface area contributed by atoms with E-state index >= 15 is 0 Å². The standard InChI is InChI=1S/C5H2O3/c1-2-3-4(6)8-5(3)7/h1H2. The number of hydrogen-bond donors (Lipinski definition) is 0. The van der Waals surface area contributed by atoms with Crippen LogP contribution in [0.3, 0.4) is 0 Å². The van der Waals surface area contributed by atoms with Crippen molar-refractivity contribution in [3.8, 4) is 0 Å². The molecular formula is C5H2O3. The summed E-state index contributed by atoms with van der Waals surface area (Å²) in [5, 5.41) is 0. The van der Waals surface area contributed by atoms with Gasteiger partial charge in [-0.25, -0.2) is 9.59 Å². The minimum Gasteiger partial charge on any atom is -0.384 e. The minimum atomic E-state index is -0.634. The molecular weight excluding hydrogens is 108 g/mol. The molecule has 0 saturated carbocycles. The molecule has 1 aliphatic heterocycles. The number of hydrogen-bond acceptors (Lipinski definition) is 3. The highest BCUT2D eigenvalue weighted by molar-refractivity contribution is 6.26. The van der Waals surface area contributed by atoms with E-state index in [1.807, 2.05) is 0 Å². The van der Waals surface area contributed by atoms with Gasteiger partial charge in [-0.05, 0) is 0 Å². The predicted octanol–water partition coefficient (Wildman–Crippen LogP) is -0.219.